The maximum atomic E-state index is 11.2. The van der Waals surface area contributed by atoms with Crippen molar-refractivity contribution in [3.05, 3.63) is 33.8 Å². The predicted octanol–water partition coefficient (Wildman–Crippen LogP) is 2.69. The molecule has 0 aliphatic carbocycles. The molecule has 0 aromatic heterocycles. The molecule has 0 saturated carbocycles. The van der Waals surface area contributed by atoms with Crippen LogP contribution in [-0.2, 0) is 4.74 Å². The fourth-order valence-electron chi connectivity index (χ4n) is 1.90. The Kier molecular flexibility index (Phi) is 4.17. The van der Waals surface area contributed by atoms with E-state index < -0.39 is 6.09 Å². The lowest BCUT2D eigenvalue weighted by Gasteiger charge is -2.24. The predicted molar refractivity (Wildman–Crippen MR) is 74.8 cm³/mol. The van der Waals surface area contributed by atoms with Crippen molar-refractivity contribution >= 4 is 35.3 Å². The van der Waals surface area contributed by atoms with Crippen LogP contribution >= 0.6 is 23.2 Å². The summed E-state index contributed by atoms with van der Waals surface area (Å²) in [6.45, 7) is 0.496. The van der Waals surface area contributed by atoms with Gasteiger partial charge < -0.3 is 9.64 Å². The fraction of sp³-hybridized carbons (Fsp3) is 0.333. The summed E-state index contributed by atoms with van der Waals surface area (Å²) in [5.74, 6) is 0.452. The maximum absolute atomic E-state index is 11.2. The van der Waals surface area contributed by atoms with E-state index in [0.29, 0.717) is 22.5 Å². The first-order chi connectivity index (χ1) is 9.02. The van der Waals surface area contributed by atoms with Crippen molar-refractivity contribution in [2.75, 3.05) is 20.7 Å². The third-order valence-electron chi connectivity index (χ3n) is 2.93. The highest BCUT2D eigenvalue weighted by Crippen LogP contribution is 2.32. The second-order valence-corrected chi connectivity index (χ2v) is 4.92. The average molecular weight is 302 g/mol. The highest BCUT2D eigenvalue weighted by atomic mass is 35.5. The summed E-state index contributed by atoms with van der Waals surface area (Å²) in [6.07, 6.45) is -0.552. The van der Waals surface area contributed by atoms with Gasteiger partial charge in [-0.05, 0) is 23.8 Å². The number of aliphatic imine (C=N–C) groups is 1. The summed E-state index contributed by atoms with van der Waals surface area (Å²) in [7, 11) is 3.12. The number of carbonyl (C=O) groups excluding carboxylic acids is 1. The Bertz CT molecular complexity index is 534. The van der Waals surface area contributed by atoms with E-state index in [2.05, 4.69) is 15.0 Å². The Morgan fingerprint density at radius 1 is 1.53 bits per heavy atom. The first-order valence-corrected chi connectivity index (χ1v) is 6.35. The topological polar surface area (TPSA) is 53.9 Å². The number of hydrogen-bond acceptors (Lipinski definition) is 4. The summed E-state index contributed by atoms with van der Waals surface area (Å²) >= 11 is 12.2. The van der Waals surface area contributed by atoms with Gasteiger partial charge in [-0.15, -0.1) is 0 Å². The van der Waals surface area contributed by atoms with Gasteiger partial charge in [-0.2, -0.15) is 0 Å². The molecule has 1 unspecified atom stereocenters. The van der Waals surface area contributed by atoms with Crippen LogP contribution in [0.25, 0.3) is 0 Å². The van der Waals surface area contributed by atoms with E-state index in [1.165, 1.54) is 7.11 Å². The van der Waals surface area contributed by atoms with Gasteiger partial charge in [0.1, 0.15) is 0 Å². The SMILES string of the molecule is COC(=O)NC1=NCC(c2cc(Cl)ccc2Cl)N1C. The molecule has 7 heteroatoms. The number of halogens is 2. The van der Waals surface area contributed by atoms with Gasteiger partial charge >= 0.3 is 6.09 Å². The molecule has 1 aliphatic heterocycles. The molecule has 0 fully saturated rings. The van der Waals surface area contributed by atoms with Crippen molar-refractivity contribution in [1.29, 1.82) is 0 Å². The number of rotatable bonds is 1. The van der Waals surface area contributed by atoms with Crippen LogP contribution in [0.2, 0.25) is 10.0 Å². The summed E-state index contributed by atoms with van der Waals surface area (Å²) in [5.41, 5.74) is 0.877. The van der Waals surface area contributed by atoms with Gasteiger partial charge in [-0.1, -0.05) is 23.2 Å². The first kappa shape index (κ1) is 14.0. The highest BCUT2D eigenvalue weighted by molar-refractivity contribution is 6.33. The third-order valence-corrected chi connectivity index (χ3v) is 3.51. The summed E-state index contributed by atoms with van der Waals surface area (Å²) in [4.78, 5) is 17.3. The first-order valence-electron chi connectivity index (χ1n) is 5.60. The molecule has 0 saturated heterocycles. The minimum absolute atomic E-state index is 0.0571. The number of nitrogens with zero attached hydrogens (tertiary/aromatic N) is 2. The largest absolute Gasteiger partial charge is 0.453 e. The van der Waals surface area contributed by atoms with E-state index >= 15 is 0 Å². The molecule has 0 bridgehead atoms. The molecule has 5 nitrogen and oxygen atoms in total. The molecule has 1 heterocycles. The Labute approximate surface area is 121 Å². The van der Waals surface area contributed by atoms with Crippen molar-refractivity contribution in [1.82, 2.24) is 10.2 Å². The Morgan fingerprint density at radius 3 is 2.95 bits per heavy atom. The smallest absolute Gasteiger partial charge is 0.413 e. The summed E-state index contributed by atoms with van der Waals surface area (Å²) in [6, 6.07) is 5.23. The Balaban J connectivity index is 2.17. The van der Waals surface area contributed by atoms with E-state index in [1.54, 1.807) is 12.1 Å². The van der Waals surface area contributed by atoms with E-state index in [9.17, 15) is 4.79 Å². The molecule has 0 radical (unpaired) electrons. The third kappa shape index (κ3) is 2.93. The Hall–Kier alpha value is -1.46. The monoisotopic (exact) mass is 301 g/mol. The fourth-order valence-corrected chi connectivity index (χ4v) is 2.33. The van der Waals surface area contributed by atoms with Crippen LogP contribution in [-0.4, -0.2) is 37.7 Å². The van der Waals surface area contributed by atoms with Gasteiger partial charge in [0, 0.05) is 17.1 Å². The second kappa shape index (κ2) is 5.67. The van der Waals surface area contributed by atoms with Gasteiger partial charge in [0.05, 0.1) is 19.7 Å². The molecule has 19 heavy (non-hydrogen) atoms. The van der Waals surface area contributed by atoms with Crippen LogP contribution in [0.3, 0.4) is 0 Å². The van der Waals surface area contributed by atoms with Crippen molar-refractivity contribution in [3.63, 3.8) is 0 Å². The van der Waals surface area contributed by atoms with Gasteiger partial charge in [0.2, 0.25) is 5.96 Å². The normalized spacial score (nSPS) is 18.2. The number of alkyl carbamates (subject to hydrolysis) is 1. The number of methoxy groups -OCH3 is 1. The van der Waals surface area contributed by atoms with E-state index in [1.807, 2.05) is 18.0 Å². The van der Waals surface area contributed by atoms with Crippen molar-refractivity contribution in [3.8, 4) is 0 Å². The molecule has 1 N–H and O–H groups in total. The molecule has 102 valence electrons. The van der Waals surface area contributed by atoms with Gasteiger partial charge in [-0.3, -0.25) is 10.3 Å². The number of guanidine groups is 1. The van der Waals surface area contributed by atoms with Crippen LogP contribution in [0, 0.1) is 0 Å². The van der Waals surface area contributed by atoms with Crippen LogP contribution in [0.5, 0.6) is 0 Å². The zero-order valence-corrected chi connectivity index (χ0v) is 12.0. The molecule has 1 amide bonds. The lowest BCUT2D eigenvalue weighted by atomic mass is 10.1. The molecular formula is C12H13Cl2N3O2. The number of likely N-dealkylation sites (N-methyl/N-ethyl adjacent to an activating group) is 1. The number of benzene rings is 1. The average Bonchev–Trinajstić information content (AvgIpc) is 2.74. The van der Waals surface area contributed by atoms with E-state index in [0.717, 1.165) is 5.56 Å². The zero-order valence-electron chi connectivity index (χ0n) is 10.5. The second-order valence-electron chi connectivity index (χ2n) is 4.07. The lowest BCUT2D eigenvalue weighted by Crippen LogP contribution is -2.40. The minimum Gasteiger partial charge on any atom is -0.453 e. The molecule has 2 rings (SSSR count). The zero-order chi connectivity index (χ0) is 14.0. The number of hydrogen-bond donors (Lipinski definition) is 1. The molecule has 0 spiro atoms. The quantitative estimate of drug-likeness (QED) is 0.868. The molecule has 1 aromatic rings. The minimum atomic E-state index is -0.552. The standard InChI is InChI=1S/C12H13Cl2N3O2/c1-17-10(6-15-11(17)16-12(18)19-2)8-5-7(13)3-4-9(8)14/h3-5,10H,6H2,1-2H3,(H,15,16,18). The van der Waals surface area contributed by atoms with Crippen molar-refractivity contribution in [2.45, 2.75) is 6.04 Å². The van der Waals surface area contributed by atoms with Crippen LogP contribution < -0.4 is 5.32 Å². The number of amides is 1. The highest BCUT2D eigenvalue weighted by Gasteiger charge is 2.28. The molecule has 1 aromatic carbocycles. The number of ether oxygens (including phenoxy) is 1. The van der Waals surface area contributed by atoms with Crippen molar-refractivity contribution in [2.24, 2.45) is 4.99 Å². The molecule has 1 atom stereocenters. The lowest BCUT2D eigenvalue weighted by molar-refractivity contribution is 0.175. The Morgan fingerprint density at radius 2 is 2.26 bits per heavy atom. The van der Waals surface area contributed by atoms with Crippen molar-refractivity contribution < 1.29 is 9.53 Å². The maximum Gasteiger partial charge on any atom is 0.413 e. The summed E-state index contributed by atoms with van der Waals surface area (Å²) < 4.78 is 4.54. The van der Waals surface area contributed by atoms with Crippen LogP contribution in [0.4, 0.5) is 4.79 Å². The van der Waals surface area contributed by atoms with E-state index in [-0.39, 0.29) is 6.04 Å². The van der Waals surface area contributed by atoms with Gasteiger partial charge in [0.15, 0.2) is 0 Å². The van der Waals surface area contributed by atoms with Gasteiger partial charge in [-0.25, -0.2) is 4.79 Å². The summed E-state index contributed by atoms with van der Waals surface area (Å²) in [5, 5.41) is 3.79. The number of carbonyl (C=O) groups is 1. The number of nitrogens with one attached hydrogen (secondary N) is 1. The van der Waals surface area contributed by atoms with Gasteiger partial charge in [0.25, 0.3) is 0 Å². The molecular weight excluding hydrogens is 289 g/mol. The molecule has 1 aliphatic rings. The van der Waals surface area contributed by atoms with Crippen LogP contribution in [0.1, 0.15) is 11.6 Å². The van der Waals surface area contributed by atoms with Crippen LogP contribution in [0.15, 0.2) is 23.2 Å². The van der Waals surface area contributed by atoms with E-state index in [4.69, 9.17) is 23.2 Å².